The summed E-state index contributed by atoms with van der Waals surface area (Å²) in [5.74, 6) is 0.440. The van der Waals surface area contributed by atoms with Crippen LogP contribution < -0.4 is 10.5 Å². The average Bonchev–Trinajstić information content (AvgIpc) is 2.47. The van der Waals surface area contributed by atoms with Gasteiger partial charge in [0.05, 0.1) is 5.56 Å². The van der Waals surface area contributed by atoms with E-state index in [0.29, 0.717) is 11.5 Å². The van der Waals surface area contributed by atoms with Crippen LogP contribution in [0.5, 0.6) is 11.5 Å². The zero-order chi connectivity index (χ0) is 14.8. The minimum atomic E-state index is -0.485. The number of fused-ring (bicyclic) bond motifs is 1. The Morgan fingerprint density at radius 3 is 2.48 bits per heavy atom. The molecule has 4 heteroatoms. The number of nitrogens with two attached hydrogens (primary N) is 1. The largest absolute Gasteiger partial charge is 0.457 e. The maximum atomic E-state index is 13.8. The predicted octanol–water partition coefficient (Wildman–Crippen LogP) is 4.41. The molecule has 0 amide bonds. The predicted molar refractivity (Wildman–Crippen MR) is 86.3 cm³/mol. The van der Waals surface area contributed by atoms with Gasteiger partial charge >= 0.3 is 0 Å². The van der Waals surface area contributed by atoms with Gasteiger partial charge in [-0.15, -0.1) is 0 Å². The highest BCUT2D eigenvalue weighted by Gasteiger charge is 2.13. The molecule has 0 aromatic heterocycles. The quantitative estimate of drug-likeness (QED) is 0.727. The average molecular weight is 297 g/mol. The number of benzene rings is 3. The molecule has 3 rings (SSSR count). The van der Waals surface area contributed by atoms with Crippen molar-refractivity contribution in [3.63, 3.8) is 0 Å². The van der Waals surface area contributed by atoms with Crippen LogP contribution in [0.25, 0.3) is 10.8 Å². The summed E-state index contributed by atoms with van der Waals surface area (Å²) in [5, 5.41) is 2.15. The Morgan fingerprint density at radius 1 is 0.952 bits per heavy atom. The monoisotopic (exact) mass is 297 g/mol. The van der Waals surface area contributed by atoms with Gasteiger partial charge in [0, 0.05) is 0 Å². The molecule has 0 saturated heterocycles. The molecule has 0 unspecified atom stereocenters. The van der Waals surface area contributed by atoms with E-state index in [4.69, 9.17) is 22.7 Å². The van der Waals surface area contributed by atoms with Crippen molar-refractivity contribution in [1.82, 2.24) is 0 Å². The molecule has 21 heavy (non-hydrogen) atoms. The first-order valence-corrected chi connectivity index (χ1v) is 6.81. The van der Waals surface area contributed by atoms with Crippen LogP contribution in [-0.4, -0.2) is 4.99 Å². The smallest absolute Gasteiger partial charge is 0.140 e. The summed E-state index contributed by atoms with van der Waals surface area (Å²) in [6.07, 6.45) is 0. The maximum absolute atomic E-state index is 13.8. The van der Waals surface area contributed by atoms with Gasteiger partial charge in [0.25, 0.3) is 0 Å². The standard InChI is InChI=1S/C17H12FNOS/c18-14-6-3-7-15(16(14)17(19)21)20-13-9-8-11-4-1-2-5-12(11)10-13/h1-10H,(H2,19,21). The number of thiocarbonyl (C=S) groups is 1. The molecule has 3 aromatic rings. The number of hydrogen-bond acceptors (Lipinski definition) is 2. The van der Waals surface area contributed by atoms with Crippen LogP contribution in [0.2, 0.25) is 0 Å². The van der Waals surface area contributed by atoms with Gasteiger partial charge in [-0.1, -0.05) is 48.6 Å². The Morgan fingerprint density at radius 2 is 1.71 bits per heavy atom. The first-order valence-electron chi connectivity index (χ1n) is 6.40. The lowest BCUT2D eigenvalue weighted by molar-refractivity contribution is 0.476. The zero-order valence-electron chi connectivity index (χ0n) is 11.0. The summed E-state index contributed by atoms with van der Waals surface area (Å²) in [4.78, 5) is -0.0242. The van der Waals surface area contributed by atoms with E-state index in [-0.39, 0.29) is 10.6 Å². The van der Waals surface area contributed by atoms with Crippen molar-refractivity contribution in [2.75, 3.05) is 0 Å². The number of hydrogen-bond donors (Lipinski definition) is 1. The van der Waals surface area contributed by atoms with Crippen molar-refractivity contribution < 1.29 is 9.13 Å². The minimum absolute atomic E-state index is 0.0242. The van der Waals surface area contributed by atoms with Crippen LogP contribution in [-0.2, 0) is 0 Å². The molecule has 2 nitrogen and oxygen atoms in total. The van der Waals surface area contributed by atoms with Gasteiger partial charge < -0.3 is 10.5 Å². The normalized spacial score (nSPS) is 10.5. The van der Waals surface area contributed by atoms with Crippen molar-refractivity contribution in [2.45, 2.75) is 0 Å². The molecule has 2 N–H and O–H groups in total. The van der Waals surface area contributed by atoms with Crippen LogP contribution in [0.4, 0.5) is 4.39 Å². The second-order valence-corrected chi connectivity index (χ2v) is 5.03. The SMILES string of the molecule is NC(=S)c1c(F)cccc1Oc1ccc2ccccc2c1. The highest BCUT2D eigenvalue weighted by molar-refractivity contribution is 7.80. The van der Waals surface area contributed by atoms with E-state index >= 15 is 0 Å². The van der Waals surface area contributed by atoms with Crippen molar-refractivity contribution in [3.8, 4) is 11.5 Å². The highest BCUT2D eigenvalue weighted by atomic mass is 32.1. The van der Waals surface area contributed by atoms with Gasteiger partial charge in [0.15, 0.2) is 0 Å². The number of rotatable bonds is 3. The summed E-state index contributed by atoms with van der Waals surface area (Å²) in [6.45, 7) is 0. The lowest BCUT2D eigenvalue weighted by atomic mass is 10.1. The molecule has 0 aliphatic rings. The molecule has 0 atom stereocenters. The Hall–Kier alpha value is -2.46. The molecule has 3 aromatic carbocycles. The molecule has 0 bridgehead atoms. The molecule has 0 aliphatic carbocycles. The van der Waals surface area contributed by atoms with E-state index < -0.39 is 5.82 Å². The summed E-state index contributed by atoms with van der Waals surface area (Å²) < 4.78 is 19.6. The molecular formula is C17H12FNOS. The van der Waals surface area contributed by atoms with Crippen LogP contribution in [0.1, 0.15) is 5.56 Å². The van der Waals surface area contributed by atoms with E-state index in [0.717, 1.165) is 10.8 Å². The third-order valence-corrected chi connectivity index (χ3v) is 3.37. The lowest BCUT2D eigenvalue weighted by Crippen LogP contribution is -2.13. The molecule has 0 heterocycles. The molecule has 0 radical (unpaired) electrons. The van der Waals surface area contributed by atoms with Gasteiger partial charge in [-0.25, -0.2) is 4.39 Å². The topological polar surface area (TPSA) is 35.2 Å². The van der Waals surface area contributed by atoms with E-state index in [9.17, 15) is 4.39 Å². The Kier molecular flexibility index (Phi) is 3.54. The fraction of sp³-hybridized carbons (Fsp3) is 0. The molecular weight excluding hydrogens is 285 g/mol. The van der Waals surface area contributed by atoms with Crippen LogP contribution in [0.3, 0.4) is 0 Å². The second-order valence-electron chi connectivity index (χ2n) is 4.59. The fourth-order valence-corrected chi connectivity index (χ4v) is 2.38. The summed E-state index contributed by atoms with van der Waals surface area (Å²) in [5.41, 5.74) is 5.70. The van der Waals surface area contributed by atoms with E-state index in [1.165, 1.54) is 6.07 Å². The van der Waals surface area contributed by atoms with E-state index in [1.807, 2.05) is 42.5 Å². The molecule has 104 valence electrons. The lowest BCUT2D eigenvalue weighted by Gasteiger charge is -2.11. The molecule has 0 aliphatic heterocycles. The summed E-state index contributed by atoms with van der Waals surface area (Å²) in [7, 11) is 0. The fourth-order valence-electron chi connectivity index (χ4n) is 2.19. The van der Waals surface area contributed by atoms with Gasteiger partial charge in [0.1, 0.15) is 22.3 Å². The Bertz CT molecular complexity index is 832. The maximum Gasteiger partial charge on any atom is 0.140 e. The van der Waals surface area contributed by atoms with E-state index in [2.05, 4.69) is 0 Å². The highest BCUT2D eigenvalue weighted by Crippen LogP contribution is 2.29. The van der Waals surface area contributed by atoms with Gasteiger partial charge in [-0.2, -0.15) is 0 Å². The molecule has 0 fully saturated rings. The van der Waals surface area contributed by atoms with Crippen molar-refractivity contribution in [1.29, 1.82) is 0 Å². The number of ether oxygens (including phenoxy) is 1. The third-order valence-electron chi connectivity index (χ3n) is 3.17. The van der Waals surface area contributed by atoms with Crippen LogP contribution in [0, 0.1) is 5.82 Å². The Labute approximate surface area is 127 Å². The first-order chi connectivity index (χ1) is 10.1. The molecule has 0 spiro atoms. The van der Waals surface area contributed by atoms with Crippen molar-refractivity contribution >= 4 is 28.0 Å². The summed E-state index contributed by atoms with van der Waals surface area (Å²) in [6, 6.07) is 18.1. The third kappa shape index (κ3) is 2.71. The second kappa shape index (κ2) is 5.50. The van der Waals surface area contributed by atoms with Gasteiger partial charge in [0.2, 0.25) is 0 Å². The molecule has 0 saturated carbocycles. The zero-order valence-corrected chi connectivity index (χ0v) is 11.9. The minimum Gasteiger partial charge on any atom is -0.457 e. The van der Waals surface area contributed by atoms with Crippen molar-refractivity contribution in [2.24, 2.45) is 5.73 Å². The summed E-state index contributed by atoms with van der Waals surface area (Å²) >= 11 is 4.89. The van der Waals surface area contributed by atoms with E-state index in [1.54, 1.807) is 12.1 Å². The van der Waals surface area contributed by atoms with Crippen LogP contribution in [0.15, 0.2) is 60.7 Å². The first kappa shape index (κ1) is 13.5. The van der Waals surface area contributed by atoms with Crippen molar-refractivity contribution in [3.05, 3.63) is 72.0 Å². The number of halogens is 1. The van der Waals surface area contributed by atoms with Gasteiger partial charge in [-0.05, 0) is 35.0 Å². The Balaban J connectivity index is 2.02. The van der Waals surface area contributed by atoms with Crippen LogP contribution >= 0.6 is 12.2 Å². The van der Waals surface area contributed by atoms with Gasteiger partial charge in [-0.3, -0.25) is 0 Å².